The number of carbonyl (C=O) groups excluding carboxylic acids is 12. The maximum Gasteiger partial charge on any atom is 0.248 e. The summed E-state index contributed by atoms with van der Waals surface area (Å²) in [6.07, 6.45) is -0.202. The molecule has 0 aromatic heterocycles. The lowest BCUT2D eigenvalue weighted by molar-refractivity contribution is -0.154. The van der Waals surface area contributed by atoms with E-state index in [-0.39, 0.29) is 50.4 Å². The van der Waals surface area contributed by atoms with E-state index < -0.39 is 156 Å². The number of aliphatic hydroxyl groups excluding tert-OH is 1. The second kappa shape index (κ2) is 39.0. The third-order valence-corrected chi connectivity index (χ3v) is 20.7. The third kappa shape index (κ3) is 22.3. The van der Waals surface area contributed by atoms with Crippen LogP contribution in [0.5, 0.6) is 0 Å². The molecular formula is C80H114N12O13. The molecule has 2 heterocycles. The molecular weight excluding hydrogens is 1340 g/mol. The molecule has 0 saturated carbocycles. The fourth-order valence-electron chi connectivity index (χ4n) is 13.6. The largest absolute Gasteiger partial charge is 0.391 e. The number of likely N-dealkylation sites (N-methyl/N-ethyl adjacent to an activating group) is 8. The van der Waals surface area contributed by atoms with Crippen LogP contribution < -0.4 is 16.0 Å². The van der Waals surface area contributed by atoms with Gasteiger partial charge in [0.2, 0.25) is 70.9 Å². The zero-order valence-electron chi connectivity index (χ0n) is 64.6. The minimum absolute atomic E-state index is 0.0325. The molecule has 12 amide bonds. The van der Waals surface area contributed by atoms with Crippen molar-refractivity contribution in [1.82, 2.24) is 60.0 Å². The third-order valence-electron chi connectivity index (χ3n) is 20.7. The number of likely N-dealkylation sites (tertiary alicyclic amines) is 1. The maximum absolute atomic E-state index is 15.7. The van der Waals surface area contributed by atoms with Crippen LogP contribution in [-0.2, 0) is 83.2 Å². The molecule has 12 atom stereocenters. The van der Waals surface area contributed by atoms with Crippen LogP contribution in [0.25, 0.3) is 0 Å². The highest BCUT2D eigenvalue weighted by Crippen LogP contribution is 2.25. The predicted octanol–water partition coefficient (Wildman–Crippen LogP) is 4.61. The SMILES string of the molecule is CC(C)C[C@H]1C(=O)N(C)[C@@H](Cc2ccccc2)C(=O)N(C)[C@@H](Cc2ccccc2)C(=O)N[C@@H]([C@@H](C)O)C(=O)N(C)[C@@H](C)C(=O)N(C)[C@@H](Cc2ccccc2)C(=O)N[C@H](C(=O)N2CCCCC2)CC(=O)N(C)[C@@H](C)C(=O)N(C)[C@@H](Cc2ccccc2)C(=O)N(C)[C@@H](CC(C)C)C(=O)N[C@@H](C(C)C)C(=O)N1C. The van der Waals surface area contributed by atoms with Gasteiger partial charge in [-0.2, -0.15) is 0 Å². The van der Waals surface area contributed by atoms with E-state index in [1.807, 2.05) is 27.7 Å². The number of benzene rings is 4. The van der Waals surface area contributed by atoms with E-state index >= 15 is 43.2 Å². The lowest BCUT2D eigenvalue weighted by atomic mass is 9.95. The van der Waals surface area contributed by atoms with Gasteiger partial charge in [-0.1, -0.05) is 163 Å². The van der Waals surface area contributed by atoms with E-state index in [9.17, 15) is 19.5 Å². The summed E-state index contributed by atoms with van der Waals surface area (Å²) in [5, 5.41) is 20.0. The molecule has 0 bridgehead atoms. The minimum Gasteiger partial charge on any atom is -0.391 e. The molecule has 2 aliphatic heterocycles. The molecule has 4 aromatic rings. The fourth-order valence-corrected chi connectivity index (χ4v) is 13.6. The van der Waals surface area contributed by atoms with Crippen LogP contribution in [0.2, 0.25) is 0 Å². The van der Waals surface area contributed by atoms with Crippen molar-refractivity contribution in [2.45, 2.75) is 199 Å². The van der Waals surface area contributed by atoms with Gasteiger partial charge in [0, 0.05) is 95.2 Å². The first-order chi connectivity index (χ1) is 49.6. The van der Waals surface area contributed by atoms with Gasteiger partial charge in [-0.15, -0.1) is 0 Å². The van der Waals surface area contributed by atoms with Gasteiger partial charge in [-0.25, -0.2) is 0 Å². The number of rotatable bonds is 15. The molecule has 4 N–H and O–H groups in total. The first-order valence-corrected chi connectivity index (χ1v) is 36.7. The Hall–Kier alpha value is -9.52. The Balaban J connectivity index is 1.52. The van der Waals surface area contributed by atoms with E-state index in [1.54, 1.807) is 140 Å². The molecule has 105 heavy (non-hydrogen) atoms. The van der Waals surface area contributed by atoms with Crippen LogP contribution in [-0.4, -0.2) is 262 Å². The Morgan fingerprint density at radius 1 is 0.381 bits per heavy atom. The van der Waals surface area contributed by atoms with Crippen molar-refractivity contribution < 1.29 is 62.6 Å². The molecule has 0 radical (unpaired) electrons. The Bertz CT molecular complexity index is 3610. The fraction of sp³-hybridized carbons (Fsp3) is 0.550. The molecule has 2 saturated heterocycles. The van der Waals surface area contributed by atoms with Crippen LogP contribution in [0, 0.1) is 17.8 Å². The number of piperidine rings is 1. The van der Waals surface area contributed by atoms with Gasteiger partial charge in [0.15, 0.2) is 0 Å². The van der Waals surface area contributed by atoms with Crippen molar-refractivity contribution in [1.29, 1.82) is 0 Å². The van der Waals surface area contributed by atoms with E-state index in [0.29, 0.717) is 48.2 Å². The highest BCUT2D eigenvalue weighted by molar-refractivity contribution is 6.00. The molecule has 2 aliphatic rings. The number of hydrogen-bond donors (Lipinski definition) is 4. The number of aliphatic hydroxyl groups is 1. The molecule has 2 fully saturated rings. The molecule has 4 aromatic carbocycles. The highest BCUT2D eigenvalue weighted by atomic mass is 16.3. The molecule has 0 aliphatic carbocycles. The van der Waals surface area contributed by atoms with Crippen LogP contribution in [0.3, 0.4) is 0 Å². The normalized spacial score (nSPS) is 25.1. The summed E-state index contributed by atoms with van der Waals surface area (Å²) in [7, 11) is 11.3. The second-order valence-corrected chi connectivity index (χ2v) is 29.7. The van der Waals surface area contributed by atoms with Crippen molar-refractivity contribution in [2.75, 3.05) is 69.5 Å². The first kappa shape index (κ1) is 84.4. The Kier molecular flexibility index (Phi) is 31.4. The number of carbonyl (C=O) groups is 12. The van der Waals surface area contributed by atoms with Crippen molar-refractivity contribution in [3.63, 3.8) is 0 Å². The van der Waals surface area contributed by atoms with Crippen molar-refractivity contribution in [3.8, 4) is 0 Å². The van der Waals surface area contributed by atoms with Gasteiger partial charge in [-0.05, 0) is 92.9 Å². The monoisotopic (exact) mass is 1450 g/mol. The summed E-state index contributed by atoms with van der Waals surface area (Å²) in [5.74, 6) is -9.68. The molecule has 6 rings (SSSR count). The molecule has 0 spiro atoms. The van der Waals surface area contributed by atoms with Gasteiger partial charge in [0.05, 0.1) is 12.5 Å². The summed E-state index contributed by atoms with van der Waals surface area (Å²) >= 11 is 0. The van der Waals surface area contributed by atoms with Gasteiger partial charge in [0.25, 0.3) is 0 Å². The molecule has 25 heteroatoms. The predicted molar refractivity (Wildman–Crippen MR) is 401 cm³/mol. The summed E-state index contributed by atoms with van der Waals surface area (Å²) in [6, 6.07) is 20.3. The van der Waals surface area contributed by atoms with Crippen molar-refractivity contribution in [2.24, 2.45) is 17.8 Å². The lowest BCUT2D eigenvalue weighted by Gasteiger charge is -2.40. The average molecular weight is 1450 g/mol. The number of amides is 12. The highest BCUT2D eigenvalue weighted by Gasteiger charge is 2.45. The Morgan fingerprint density at radius 3 is 1.10 bits per heavy atom. The van der Waals surface area contributed by atoms with E-state index in [0.717, 1.165) is 21.1 Å². The van der Waals surface area contributed by atoms with Crippen LogP contribution in [0.15, 0.2) is 121 Å². The van der Waals surface area contributed by atoms with Crippen molar-refractivity contribution in [3.05, 3.63) is 144 Å². The molecule has 572 valence electrons. The smallest absolute Gasteiger partial charge is 0.248 e. The topological polar surface area (TPSA) is 290 Å². The average Bonchev–Trinajstić information content (AvgIpc) is 0.811. The van der Waals surface area contributed by atoms with Crippen LogP contribution in [0.4, 0.5) is 0 Å². The quantitative estimate of drug-likeness (QED) is 0.127. The van der Waals surface area contributed by atoms with Gasteiger partial charge in [-0.3, -0.25) is 57.5 Å². The summed E-state index contributed by atoms with van der Waals surface area (Å²) < 4.78 is 0. The summed E-state index contributed by atoms with van der Waals surface area (Å²) in [6.45, 7) is 15.8. The van der Waals surface area contributed by atoms with E-state index in [2.05, 4.69) is 16.0 Å². The second-order valence-electron chi connectivity index (χ2n) is 29.7. The molecule has 25 nitrogen and oxygen atoms in total. The minimum atomic E-state index is -1.74. The zero-order chi connectivity index (χ0) is 77.8. The Morgan fingerprint density at radius 2 is 0.695 bits per heavy atom. The van der Waals surface area contributed by atoms with E-state index in [1.165, 1.54) is 102 Å². The summed E-state index contributed by atoms with van der Waals surface area (Å²) in [5.41, 5.74) is 2.53. The maximum atomic E-state index is 15.7. The molecule has 0 unspecified atom stereocenters. The summed E-state index contributed by atoms with van der Waals surface area (Å²) in [4.78, 5) is 194. The zero-order valence-corrected chi connectivity index (χ0v) is 64.6. The van der Waals surface area contributed by atoms with Crippen LogP contribution >= 0.6 is 0 Å². The van der Waals surface area contributed by atoms with Crippen LogP contribution in [0.1, 0.15) is 123 Å². The number of nitrogens with zero attached hydrogens (tertiary/aromatic N) is 9. The number of nitrogens with one attached hydrogen (secondary N) is 3. The van der Waals surface area contributed by atoms with E-state index in [4.69, 9.17) is 0 Å². The number of hydrogen-bond acceptors (Lipinski definition) is 13. The first-order valence-electron chi connectivity index (χ1n) is 36.7. The van der Waals surface area contributed by atoms with Gasteiger partial charge in [0.1, 0.15) is 66.5 Å². The standard InChI is InChI=1S/C80H114N12O13/c1-50(2)43-61-71(96)82-68(52(5)6)79(104)91(17)64(44-51(3)4)76(101)90(16)66(48-59-39-29-21-30-40-59)78(103)88(14)63(46-57-35-25-19-26-36-57)72(97)83-69(55(9)93)80(105)85(11)54(8)74(99)86(12)62(45-56-33-23-18-24-34-56)70(95)81-60(75(100)92-41-31-22-32-42-92)49-67(94)84(10)53(7)73(98)89(15)65(77(102)87(61)13)47-58-37-27-20-28-38-58/h18-21,23-30,33-40,50-55,60-66,68-69,93H,22,31-32,41-49H2,1-17H3,(H,81,95)(H,82,96)(H,83,97)/t53-,54-,55+,60-,61-,62-,63-,64-,65-,66-,68-,69-/m0/s1. The van der Waals surface area contributed by atoms with Gasteiger partial charge >= 0.3 is 0 Å². The van der Waals surface area contributed by atoms with Gasteiger partial charge < -0.3 is 65.2 Å². The lowest BCUT2D eigenvalue weighted by Crippen LogP contribution is -2.63. The Labute approximate surface area is 620 Å². The van der Waals surface area contributed by atoms with Crippen molar-refractivity contribution >= 4 is 70.9 Å².